The van der Waals surface area contributed by atoms with Crippen LogP contribution in [0.3, 0.4) is 0 Å². The molecule has 1 aromatic carbocycles. The minimum Gasteiger partial charge on any atom is -0.497 e. The Morgan fingerprint density at radius 2 is 2.17 bits per heavy atom. The lowest BCUT2D eigenvalue weighted by atomic mass is 10.2. The van der Waals surface area contributed by atoms with Crippen molar-refractivity contribution in [3.8, 4) is 5.75 Å². The maximum absolute atomic E-state index is 5.66. The normalized spacial score (nSPS) is 10.4. The summed E-state index contributed by atoms with van der Waals surface area (Å²) in [5, 5.41) is 1.12. The predicted molar refractivity (Wildman–Crippen MR) is 48.6 cm³/mol. The highest BCUT2D eigenvalue weighted by Crippen LogP contribution is 2.19. The standard InChI is InChI=1S/C9H10N2O/c1-12-8-3-2-7-4-5-11(10)9(7)6-8/h2-6H,10H2,1H3. The highest BCUT2D eigenvalue weighted by Gasteiger charge is 1.98. The van der Waals surface area contributed by atoms with Gasteiger partial charge in [0.05, 0.1) is 12.6 Å². The molecule has 0 unspecified atom stereocenters. The van der Waals surface area contributed by atoms with E-state index in [2.05, 4.69) is 0 Å². The maximum Gasteiger partial charge on any atom is 0.121 e. The number of nitrogens with zero attached hydrogens (tertiary/aromatic N) is 1. The van der Waals surface area contributed by atoms with Gasteiger partial charge in [-0.2, -0.15) is 0 Å². The van der Waals surface area contributed by atoms with Crippen LogP contribution in [0, 0.1) is 0 Å². The van der Waals surface area contributed by atoms with Crippen LogP contribution in [-0.4, -0.2) is 11.8 Å². The number of hydrogen-bond donors (Lipinski definition) is 1. The van der Waals surface area contributed by atoms with Crippen molar-refractivity contribution in [3.05, 3.63) is 30.5 Å². The Hall–Kier alpha value is -1.64. The van der Waals surface area contributed by atoms with Crippen molar-refractivity contribution in [2.75, 3.05) is 13.0 Å². The number of rotatable bonds is 1. The van der Waals surface area contributed by atoms with Gasteiger partial charge in [-0.15, -0.1) is 0 Å². The lowest BCUT2D eigenvalue weighted by Gasteiger charge is -2.00. The number of fused-ring (bicyclic) bond motifs is 1. The number of nitrogen functional groups attached to an aromatic ring is 1. The van der Waals surface area contributed by atoms with E-state index < -0.39 is 0 Å². The Morgan fingerprint density at radius 1 is 1.33 bits per heavy atom. The van der Waals surface area contributed by atoms with Gasteiger partial charge >= 0.3 is 0 Å². The molecule has 1 heterocycles. The molecular formula is C9H10N2O. The molecule has 0 atom stereocenters. The smallest absolute Gasteiger partial charge is 0.121 e. The Balaban J connectivity index is 2.71. The van der Waals surface area contributed by atoms with Crippen LogP contribution >= 0.6 is 0 Å². The first-order valence-electron chi connectivity index (χ1n) is 3.71. The summed E-state index contributed by atoms with van der Waals surface area (Å²) in [4.78, 5) is 0. The molecule has 2 rings (SSSR count). The van der Waals surface area contributed by atoms with E-state index in [0.717, 1.165) is 16.7 Å². The lowest BCUT2D eigenvalue weighted by Crippen LogP contribution is -2.04. The Morgan fingerprint density at radius 3 is 2.92 bits per heavy atom. The molecule has 0 saturated carbocycles. The number of hydrogen-bond acceptors (Lipinski definition) is 2. The first kappa shape index (κ1) is 7.03. The fourth-order valence-corrected chi connectivity index (χ4v) is 1.26. The SMILES string of the molecule is COc1ccc2ccn(N)c2c1. The van der Waals surface area contributed by atoms with E-state index in [0.29, 0.717) is 0 Å². The van der Waals surface area contributed by atoms with Gasteiger partial charge < -0.3 is 10.6 Å². The summed E-state index contributed by atoms with van der Waals surface area (Å²) >= 11 is 0. The summed E-state index contributed by atoms with van der Waals surface area (Å²) < 4.78 is 6.66. The number of aromatic nitrogens is 1. The van der Waals surface area contributed by atoms with Crippen LogP contribution in [0.2, 0.25) is 0 Å². The highest BCUT2D eigenvalue weighted by molar-refractivity contribution is 5.81. The van der Waals surface area contributed by atoms with Gasteiger partial charge in [-0.25, -0.2) is 0 Å². The molecule has 0 saturated heterocycles. The number of benzene rings is 1. The molecule has 0 amide bonds. The second-order valence-corrected chi connectivity index (χ2v) is 2.65. The van der Waals surface area contributed by atoms with Gasteiger partial charge in [0, 0.05) is 17.6 Å². The molecular weight excluding hydrogens is 152 g/mol. The number of ether oxygens (including phenoxy) is 1. The molecule has 1 aromatic heterocycles. The largest absolute Gasteiger partial charge is 0.497 e. The average molecular weight is 162 g/mol. The molecule has 0 fully saturated rings. The monoisotopic (exact) mass is 162 g/mol. The fraction of sp³-hybridized carbons (Fsp3) is 0.111. The van der Waals surface area contributed by atoms with E-state index in [4.69, 9.17) is 10.6 Å². The van der Waals surface area contributed by atoms with Gasteiger partial charge in [0.25, 0.3) is 0 Å². The lowest BCUT2D eigenvalue weighted by molar-refractivity contribution is 0.415. The third kappa shape index (κ3) is 0.906. The first-order chi connectivity index (χ1) is 5.81. The van der Waals surface area contributed by atoms with Crippen LogP contribution in [0.4, 0.5) is 0 Å². The van der Waals surface area contributed by atoms with E-state index in [-0.39, 0.29) is 0 Å². The van der Waals surface area contributed by atoms with Crippen LogP contribution in [-0.2, 0) is 0 Å². The zero-order valence-electron chi connectivity index (χ0n) is 6.82. The van der Waals surface area contributed by atoms with Gasteiger partial charge in [0.1, 0.15) is 5.75 Å². The highest BCUT2D eigenvalue weighted by atomic mass is 16.5. The molecule has 12 heavy (non-hydrogen) atoms. The summed E-state index contributed by atoms with van der Waals surface area (Å²) in [6, 6.07) is 7.78. The Bertz CT molecular complexity index is 406. The van der Waals surface area contributed by atoms with E-state index in [9.17, 15) is 0 Å². The first-order valence-corrected chi connectivity index (χ1v) is 3.71. The van der Waals surface area contributed by atoms with Crippen LogP contribution in [0.25, 0.3) is 10.9 Å². The van der Waals surface area contributed by atoms with Crippen LogP contribution in [0.15, 0.2) is 30.5 Å². The third-order valence-corrected chi connectivity index (χ3v) is 1.93. The van der Waals surface area contributed by atoms with Gasteiger partial charge in [0.2, 0.25) is 0 Å². The minimum atomic E-state index is 0.827. The van der Waals surface area contributed by atoms with Crippen molar-refractivity contribution in [3.63, 3.8) is 0 Å². The minimum absolute atomic E-state index is 0.827. The molecule has 0 aliphatic heterocycles. The van der Waals surface area contributed by atoms with E-state index in [1.165, 1.54) is 0 Å². The predicted octanol–water partition coefficient (Wildman–Crippen LogP) is 1.36. The molecule has 2 aromatic rings. The molecule has 0 spiro atoms. The van der Waals surface area contributed by atoms with Gasteiger partial charge in [0.15, 0.2) is 0 Å². The van der Waals surface area contributed by atoms with Crippen molar-refractivity contribution >= 4 is 10.9 Å². The van der Waals surface area contributed by atoms with E-state index in [1.54, 1.807) is 11.8 Å². The quantitative estimate of drug-likeness (QED) is 0.643. The topological polar surface area (TPSA) is 40.2 Å². The molecule has 0 aliphatic carbocycles. The summed E-state index contributed by atoms with van der Waals surface area (Å²) in [5.41, 5.74) is 0.981. The average Bonchev–Trinajstić information content (AvgIpc) is 2.47. The fourth-order valence-electron chi connectivity index (χ4n) is 1.26. The molecule has 3 heteroatoms. The van der Waals surface area contributed by atoms with Crippen LogP contribution in [0.1, 0.15) is 0 Å². The second-order valence-electron chi connectivity index (χ2n) is 2.65. The Labute approximate surface area is 70.3 Å². The summed E-state index contributed by atoms with van der Waals surface area (Å²) in [7, 11) is 1.64. The van der Waals surface area contributed by atoms with Crippen molar-refractivity contribution in [1.29, 1.82) is 0 Å². The second kappa shape index (κ2) is 2.44. The van der Waals surface area contributed by atoms with Crippen molar-refractivity contribution in [2.45, 2.75) is 0 Å². The molecule has 62 valence electrons. The van der Waals surface area contributed by atoms with Gasteiger partial charge in [-0.3, -0.25) is 4.68 Å². The molecule has 0 radical (unpaired) electrons. The van der Waals surface area contributed by atoms with Crippen LogP contribution in [0.5, 0.6) is 5.75 Å². The number of nitrogens with two attached hydrogens (primary N) is 1. The summed E-state index contributed by atoms with van der Waals surface area (Å²) in [6.07, 6.45) is 1.82. The Kier molecular flexibility index (Phi) is 1.43. The van der Waals surface area contributed by atoms with Crippen molar-refractivity contribution in [2.24, 2.45) is 0 Å². The summed E-state index contributed by atoms with van der Waals surface area (Å²) in [5.74, 6) is 6.49. The maximum atomic E-state index is 5.66. The van der Waals surface area contributed by atoms with Crippen LogP contribution < -0.4 is 10.6 Å². The molecule has 3 nitrogen and oxygen atoms in total. The van der Waals surface area contributed by atoms with E-state index in [1.807, 2.05) is 30.5 Å². The zero-order valence-corrected chi connectivity index (χ0v) is 6.82. The van der Waals surface area contributed by atoms with Gasteiger partial charge in [-0.1, -0.05) is 0 Å². The zero-order chi connectivity index (χ0) is 8.55. The van der Waals surface area contributed by atoms with Gasteiger partial charge in [-0.05, 0) is 18.2 Å². The molecule has 2 N–H and O–H groups in total. The molecule has 0 bridgehead atoms. The van der Waals surface area contributed by atoms with E-state index >= 15 is 0 Å². The summed E-state index contributed by atoms with van der Waals surface area (Å²) in [6.45, 7) is 0. The molecule has 0 aliphatic rings. The van der Waals surface area contributed by atoms with Crippen molar-refractivity contribution < 1.29 is 4.74 Å². The number of methoxy groups -OCH3 is 1. The third-order valence-electron chi connectivity index (χ3n) is 1.93. The van der Waals surface area contributed by atoms with Crippen molar-refractivity contribution in [1.82, 2.24) is 4.68 Å².